The second-order valence-electron chi connectivity index (χ2n) is 7.79. The van der Waals surface area contributed by atoms with Gasteiger partial charge in [0.1, 0.15) is 0 Å². The van der Waals surface area contributed by atoms with Crippen LogP contribution in [0.15, 0.2) is 21.4 Å². The quantitative estimate of drug-likeness (QED) is 0.575. The Morgan fingerprint density at radius 3 is 2.65 bits per heavy atom. The van der Waals surface area contributed by atoms with Crippen molar-refractivity contribution in [1.82, 2.24) is 24.6 Å². The highest BCUT2D eigenvalue weighted by Crippen LogP contribution is 2.33. The summed E-state index contributed by atoms with van der Waals surface area (Å²) in [5.74, 6) is 0.0548. The van der Waals surface area contributed by atoms with Crippen LogP contribution in [-0.2, 0) is 4.79 Å². The number of benzene rings is 1. The van der Waals surface area contributed by atoms with Crippen LogP contribution in [0.25, 0.3) is 16.2 Å². The molecule has 0 bridgehead atoms. The van der Waals surface area contributed by atoms with Crippen LogP contribution < -0.4 is 10.6 Å². The van der Waals surface area contributed by atoms with Crippen LogP contribution in [0.3, 0.4) is 0 Å². The van der Waals surface area contributed by atoms with Crippen LogP contribution in [0, 0.1) is 5.92 Å². The normalized spacial score (nSPS) is 17.4. The maximum atomic E-state index is 13.0. The lowest BCUT2D eigenvalue weighted by molar-refractivity contribution is -0.136. The minimum absolute atomic E-state index is 0.00301. The number of H-pyrrole nitrogens is 1. The molecular weight excluding hydrogens is 494 g/mol. The third-order valence-electron chi connectivity index (χ3n) is 5.29. The highest BCUT2D eigenvalue weighted by atomic mass is 79.9. The molecule has 8 nitrogen and oxygen atoms in total. The molecule has 1 aliphatic heterocycles. The van der Waals surface area contributed by atoms with Gasteiger partial charge in [-0.05, 0) is 19.1 Å². The largest absolute Gasteiger partial charge is 0.366 e. The molecule has 31 heavy (non-hydrogen) atoms. The zero-order valence-electron chi connectivity index (χ0n) is 17.1. The van der Waals surface area contributed by atoms with Gasteiger partial charge < -0.3 is 14.8 Å². The predicted octanol–water partition coefficient (Wildman–Crippen LogP) is 3.56. The average molecular weight is 515 g/mol. The molecule has 1 aromatic carbocycles. The van der Waals surface area contributed by atoms with E-state index in [2.05, 4.69) is 36.0 Å². The fourth-order valence-corrected chi connectivity index (χ4v) is 4.98. The maximum Gasteiger partial charge on any atom is 0.333 e. The Balaban J connectivity index is 1.73. The predicted molar refractivity (Wildman–Crippen MR) is 118 cm³/mol. The lowest BCUT2D eigenvalue weighted by Crippen LogP contribution is -2.55. The molecule has 1 N–H and O–H groups in total. The Kier molecular flexibility index (Phi) is 5.86. The van der Waals surface area contributed by atoms with Gasteiger partial charge in [-0.3, -0.25) is 4.79 Å². The van der Waals surface area contributed by atoms with Crippen LogP contribution >= 0.6 is 27.3 Å². The number of amides is 1. The highest BCUT2D eigenvalue weighted by Gasteiger charge is 2.30. The molecule has 1 saturated heterocycles. The van der Waals surface area contributed by atoms with E-state index < -0.39 is 17.1 Å². The second-order valence-corrected chi connectivity index (χ2v) is 9.69. The third kappa shape index (κ3) is 3.98. The fourth-order valence-electron chi connectivity index (χ4n) is 3.83. The van der Waals surface area contributed by atoms with Crippen molar-refractivity contribution < 1.29 is 13.6 Å². The number of piperazine rings is 1. The summed E-state index contributed by atoms with van der Waals surface area (Å²) < 4.78 is 27.9. The number of imidazole rings is 1. The fraction of sp³-hybridized carbons (Fsp3) is 0.474. The Morgan fingerprint density at radius 2 is 2.03 bits per heavy atom. The minimum Gasteiger partial charge on any atom is -0.366 e. The van der Waals surface area contributed by atoms with Crippen molar-refractivity contribution in [1.29, 1.82) is 0 Å². The number of alkyl halides is 2. The molecule has 3 aromatic rings. The number of nitrogens with one attached hydrogen (secondary N) is 1. The summed E-state index contributed by atoms with van der Waals surface area (Å²) in [5, 5.41) is 6.91. The molecule has 12 heteroatoms. The lowest BCUT2D eigenvalue weighted by atomic mass is 10.1. The van der Waals surface area contributed by atoms with E-state index in [4.69, 9.17) is 0 Å². The SMILES string of the molecule is CC(C)C(=O)N1CCN(c2cc(Br)cc3c2[nH]c(=O)n3-c2nnc(C(F)F)s2)C[C@H]1C. The molecule has 1 fully saturated rings. The third-order valence-corrected chi connectivity index (χ3v) is 6.66. The number of aromatic amines is 1. The molecule has 1 atom stereocenters. The number of carbonyl (C=O) groups is 1. The van der Waals surface area contributed by atoms with Crippen LogP contribution in [0.2, 0.25) is 0 Å². The van der Waals surface area contributed by atoms with E-state index in [0.717, 1.165) is 10.2 Å². The summed E-state index contributed by atoms with van der Waals surface area (Å²) in [6.45, 7) is 7.56. The number of rotatable bonds is 4. The Morgan fingerprint density at radius 1 is 1.29 bits per heavy atom. The number of anilines is 1. The molecule has 1 aliphatic rings. The monoisotopic (exact) mass is 514 g/mol. The van der Waals surface area contributed by atoms with E-state index >= 15 is 0 Å². The molecule has 1 amide bonds. The van der Waals surface area contributed by atoms with Gasteiger partial charge in [0.25, 0.3) is 6.43 Å². The number of hydrogen-bond donors (Lipinski definition) is 1. The summed E-state index contributed by atoms with van der Waals surface area (Å²) in [6.07, 6.45) is -2.75. The van der Waals surface area contributed by atoms with E-state index in [-0.39, 0.29) is 23.0 Å². The summed E-state index contributed by atoms with van der Waals surface area (Å²) >= 11 is 4.17. The zero-order chi connectivity index (χ0) is 22.4. The van der Waals surface area contributed by atoms with Crippen molar-refractivity contribution in [3.63, 3.8) is 0 Å². The van der Waals surface area contributed by atoms with Gasteiger partial charge in [-0.2, -0.15) is 0 Å². The van der Waals surface area contributed by atoms with E-state index in [1.54, 1.807) is 6.07 Å². The first-order valence-corrected chi connectivity index (χ1v) is 11.4. The molecule has 3 heterocycles. The summed E-state index contributed by atoms with van der Waals surface area (Å²) in [4.78, 5) is 32.0. The van der Waals surface area contributed by atoms with Crippen LogP contribution in [0.5, 0.6) is 0 Å². The number of carbonyl (C=O) groups excluding carboxylic acids is 1. The second kappa shape index (κ2) is 8.30. The van der Waals surface area contributed by atoms with Gasteiger partial charge in [-0.1, -0.05) is 41.1 Å². The number of fused-ring (bicyclic) bond motifs is 1. The molecule has 2 aromatic heterocycles. The maximum absolute atomic E-state index is 13.0. The van der Waals surface area contributed by atoms with Crippen LogP contribution in [-0.4, -0.2) is 56.2 Å². The Bertz CT molecular complexity index is 1190. The lowest BCUT2D eigenvalue weighted by Gasteiger charge is -2.41. The first kappa shape index (κ1) is 21.9. The van der Waals surface area contributed by atoms with Crippen molar-refractivity contribution in [2.75, 3.05) is 24.5 Å². The van der Waals surface area contributed by atoms with E-state index in [1.165, 1.54) is 4.57 Å². The first-order chi connectivity index (χ1) is 14.7. The molecule has 166 valence electrons. The van der Waals surface area contributed by atoms with Gasteiger partial charge in [0.05, 0.1) is 16.7 Å². The molecule has 4 rings (SSSR count). The van der Waals surface area contributed by atoms with Crippen LogP contribution in [0.1, 0.15) is 32.2 Å². The van der Waals surface area contributed by atoms with E-state index in [9.17, 15) is 18.4 Å². The molecule has 0 radical (unpaired) electrons. The van der Waals surface area contributed by atoms with Gasteiger partial charge in [-0.15, -0.1) is 10.2 Å². The minimum atomic E-state index is -2.75. The van der Waals surface area contributed by atoms with Gasteiger partial charge in [0.2, 0.25) is 11.0 Å². The van der Waals surface area contributed by atoms with Crippen molar-refractivity contribution >= 4 is 49.9 Å². The smallest absolute Gasteiger partial charge is 0.333 e. The Hall–Kier alpha value is -2.34. The standard InChI is InChI=1S/C19H21BrF2N6O2S/c1-9(2)17(29)27-5-4-26(8-10(27)3)12-6-11(20)7-13-14(12)23-18(30)28(13)19-25-24-16(31-19)15(21)22/h6-7,9-10,15H,4-5,8H2,1-3H3,(H,23,30)/t10-/m1/s1. The van der Waals surface area contributed by atoms with Crippen LogP contribution in [0.4, 0.5) is 14.5 Å². The van der Waals surface area contributed by atoms with Crippen molar-refractivity contribution in [3.8, 4) is 5.13 Å². The van der Waals surface area contributed by atoms with Gasteiger partial charge in [0, 0.05) is 36.1 Å². The molecule has 0 unspecified atom stereocenters. The van der Waals surface area contributed by atoms with Gasteiger partial charge >= 0.3 is 5.69 Å². The zero-order valence-corrected chi connectivity index (χ0v) is 19.5. The van der Waals surface area contributed by atoms with Gasteiger partial charge in [-0.25, -0.2) is 18.1 Å². The first-order valence-electron chi connectivity index (χ1n) is 9.79. The Labute approximate surface area is 189 Å². The summed E-state index contributed by atoms with van der Waals surface area (Å²) in [5.41, 5.74) is 1.41. The summed E-state index contributed by atoms with van der Waals surface area (Å²) in [6, 6.07) is 3.64. The highest BCUT2D eigenvalue weighted by molar-refractivity contribution is 9.10. The molecular formula is C19H21BrF2N6O2S. The number of aromatic nitrogens is 4. The van der Waals surface area contributed by atoms with Crippen molar-refractivity contribution in [2.24, 2.45) is 5.92 Å². The van der Waals surface area contributed by atoms with Crippen molar-refractivity contribution in [3.05, 3.63) is 32.1 Å². The van der Waals surface area contributed by atoms with Crippen molar-refractivity contribution in [2.45, 2.75) is 33.2 Å². The molecule has 0 aliphatic carbocycles. The number of halogens is 3. The molecule has 0 spiro atoms. The topological polar surface area (TPSA) is 87.1 Å². The number of nitrogens with zero attached hydrogens (tertiary/aromatic N) is 5. The average Bonchev–Trinajstić information content (AvgIpc) is 3.30. The summed E-state index contributed by atoms with van der Waals surface area (Å²) in [7, 11) is 0. The van der Waals surface area contributed by atoms with E-state index in [0.29, 0.717) is 42.0 Å². The number of hydrogen-bond acceptors (Lipinski definition) is 6. The van der Waals surface area contributed by atoms with Gasteiger partial charge in [0.15, 0.2) is 5.01 Å². The van der Waals surface area contributed by atoms with E-state index in [1.807, 2.05) is 31.7 Å². The molecule has 0 saturated carbocycles.